The lowest BCUT2D eigenvalue weighted by Gasteiger charge is -2.24. The molecule has 21 heavy (non-hydrogen) atoms. The summed E-state index contributed by atoms with van der Waals surface area (Å²) in [6, 6.07) is 5.50. The molecule has 3 aliphatic rings. The first-order valence-corrected chi connectivity index (χ1v) is 8.31. The molecule has 1 aliphatic carbocycles. The van der Waals surface area contributed by atoms with Crippen LogP contribution in [0.1, 0.15) is 30.1 Å². The van der Waals surface area contributed by atoms with Crippen LogP contribution in [0.2, 0.25) is 0 Å². The van der Waals surface area contributed by atoms with Gasteiger partial charge in [-0.05, 0) is 30.5 Å². The second-order valence-corrected chi connectivity index (χ2v) is 7.24. The average molecular weight is 309 g/mol. The second kappa shape index (κ2) is 5.99. The Balaban J connectivity index is 0.000000189. The number of nitrogens with two attached hydrogens (primary N) is 1. The minimum Gasteiger partial charge on any atom is -0.374 e. The fraction of sp³-hybridized carbons (Fsp3) is 0.400. The highest BCUT2D eigenvalue weighted by Crippen LogP contribution is 2.40. The molecule has 2 heterocycles. The minimum absolute atomic E-state index is 0.0174. The molecule has 0 aromatic heterocycles. The largest absolute Gasteiger partial charge is 0.374 e. The zero-order valence-corrected chi connectivity index (χ0v) is 12.7. The Hall–Kier alpha value is -1.66. The van der Waals surface area contributed by atoms with E-state index >= 15 is 0 Å². The highest BCUT2D eigenvalue weighted by atomic mass is 32.2. The van der Waals surface area contributed by atoms with Crippen molar-refractivity contribution in [1.82, 2.24) is 0 Å². The molecule has 1 aromatic carbocycles. The minimum atomic E-state index is -3.50. The Morgan fingerprint density at radius 2 is 2.10 bits per heavy atom. The lowest BCUT2D eigenvalue weighted by molar-refractivity contribution is -0.0730. The summed E-state index contributed by atoms with van der Waals surface area (Å²) in [5, 5.41) is 0.826. The summed E-state index contributed by atoms with van der Waals surface area (Å²) in [5.74, 6) is 0.205. The van der Waals surface area contributed by atoms with Gasteiger partial charge in [0.05, 0.1) is 17.1 Å². The Morgan fingerprint density at radius 3 is 2.48 bits per heavy atom. The normalized spacial score (nSPS) is 26.2. The van der Waals surface area contributed by atoms with Crippen LogP contribution in [-0.4, -0.2) is 26.5 Å². The van der Waals surface area contributed by atoms with E-state index in [-0.39, 0.29) is 10.5 Å². The molecule has 3 fully saturated rings. The van der Waals surface area contributed by atoms with Crippen LogP contribution in [-0.2, 0) is 14.6 Å². The van der Waals surface area contributed by atoms with Gasteiger partial charge in [-0.2, -0.15) is 0 Å². The van der Waals surface area contributed by atoms with Crippen molar-refractivity contribution in [1.29, 1.82) is 0 Å². The summed E-state index contributed by atoms with van der Waals surface area (Å²) < 4.78 is 28.0. The first-order chi connectivity index (χ1) is 9.83. The number of carbonyl (C=O) groups excluding carboxylic acids is 1. The molecule has 0 spiro atoms. The first kappa shape index (κ1) is 15.7. The Bertz CT molecular complexity index is 647. The van der Waals surface area contributed by atoms with Gasteiger partial charge in [0, 0.05) is 17.4 Å². The van der Waals surface area contributed by atoms with E-state index in [1.165, 1.54) is 37.1 Å². The third-order valence-electron chi connectivity index (χ3n) is 3.80. The topological polar surface area (TPSA) is 86.5 Å². The van der Waals surface area contributed by atoms with Gasteiger partial charge in [-0.1, -0.05) is 19.6 Å². The van der Waals surface area contributed by atoms with E-state index in [0.29, 0.717) is 12.2 Å². The summed E-state index contributed by atoms with van der Waals surface area (Å²) in [6.07, 6.45) is 4.00. The van der Waals surface area contributed by atoms with E-state index in [1.807, 2.05) is 0 Å². The van der Waals surface area contributed by atoms with Crippen molar-refractivity contribution in [3.8, 4) is 0 Å². The number of amides is 1. The zero-order chi connectivity index (χ0) is 15.6. The van der Waals surface area contributed by atoms with Gasteiger partial charge in [-0.3, -0.25) is 4.79 Å². The van der Waals surface area contributed by atoms with Crippen molar-refractivity contribution in [3.05, 3.63) is 41.8 Å². The fourth-order valence-corrected chi connectivity index (χ4v) is 3.25. The zero-order valence-electron chi connectivity index (χ0n) is 11.9. The molecule has 5 nitrogen and oxygen atoms in total. The fourth-order valence-electron chi connectivity index (χ4n) is 2.50. The molecular formula is C15H19NO4S. The summed E-state index contributed by atoms with van der Waals surface area (Å²) in [4.78, 5) is 10.8. The maximum atomic E-state index is 11.3. The van der Waals surface area contributed by atoms with Crippen molar-refractivity contribution < 1.29 is 17.9 Å². The van der Waals surface area contributed by atoms with E-state index in [2.05, 4.69) is 13.5 Å². The molecule has 114 valence electrons. The highest BCUT2D eigenvalue weighted by molar-refractivity contribution is 7.94. The van der Waals surface area contributed by atoms with E-state index in [4.69, 9.17) is 10.5 Å². The molecule has 1 saturated carbocycles. The lowest BCUT2D eigenvalue weighted by atomic mass is 10.1. The van der Waals surface area contributed by atoms with Gasteiger partial charge in [0.25, 0.3) is 0 Å². The van der Waals surface area contributed by atoms with E-state index in [9.17, 15) is 13.2 Å². The van der Waals surface area contributed by atoms with Crippen molar-refractivity contribution in [2.75, 3.05) is 0 Å². The summed E-state index contributed by atoms with van der Waals surface area (Å²) in [5.41, 5.74) is 5.17. The summed E-state index contributed by atoms with van der Waals surface area (Å²) in [7, 11) is -3.50. The van der Waals surface area contributed by atoms with Crippen LogP contribution >= 0.6 is 0 Å². The van der Waals surface area contributed by atoms with E-state index < -0.39 is 15.7 Å². The molecule has 2 bridgehead atoms. The average Bonchev–Trinajstić information content (AvgIpc) is 2.96. The van der Waals surface area contributed by atoms with Crippen LogP contribution in [0.3, 0.4) is 0 Å². The standard InChI is InChI=1S/C9H9NO3S.C6H10O/c1-2-14(12,13)8-5-3-4-7(6-8)9(10)11;1-4-2-5-3-6(4)7-5/h2-6H,1H2,(H2,10,11);4-6H,2-3H2,1H3. The molecule has 1 aromatic rings. The van der Waals surface area contributed by atoms with Crippen LogP contribution < -0.4 is 5.73 Å². The Kier molecular flexibility index (Phi) is 4.49. The van der Waals surface area contributed by atoms with Crippen LogP contribution in [0.25, 0.3) is 0 Å². The number of primary amides is 1. The van der Waals surface area contributed by atoms with Crippen molar-refractivity contribution in [2.24, 2.45) is 11.7 Å². The molecular weight excluding hydrogens is 290 g/mol. The number of fused-ring (bicyclic) bond motifs is 1. The summed E-state index contributed by atoms with van der Waals surface area (Å²) in [6.45, 7) is 5.45. The van der Waals surface area contributed by atoms with Gasteiger partial charge in [0.2, 0.25) is 5.91 Å². The van der Waals surface area contributed by atoms with Crippen molar-refractivity contribution in [2.45, 2.75) is 36.9 Å². The molecule has 6 heteroatoms. The van der Waals surface area contributed by atoms with Crippen LogP contribution in [0.4, 0.5) is 0 Å². The molecule has 1 amide bonds. The molecule has 4 rings (SSSR count). The van der Waals surface area contributed by atoms with Crippen LogP contribution in [0.15, 0.2) is 41.1 Å². The molecule has 2 saturated heterocycles. The van der Waals surface area contributed by atoms with Crippen molar-refractivity contribution in [3.63, 3.8) is 0 Å². The number of hydrogen-bond donors (Lipinski definition) is 1. The van der Waals surface area contributed by atoms with Gasteiger partial charge in [0.15, 0.2) is 9.84 Å². The lowest BCUT2D eigenvalue weighted by Crippen LogP contribution is -2.27. The maximum absolute atomic E-state index is 11.3. The molecule has 3 unspecified atom stereocenters. The maximum Gasteiger partial charge on any atom is 0.248 e. The Labute approximate surface area is 124 Å². The number of rotatable bonds is 3. The first-order valence-electron chi connectivity index (χ1n) is 6.76. The quantitative estimate of drug-likeness (QED) is 0.923. The van der Waals surface area contributed by atoms with Gasteiger partial charge in [-0.15, -0.1) is 0 Å². The Morgan fingerprint density at radius 1 is 1.43 bits per heavy atom. The van der Waals surface area contributed by atoms with Crippen LogP contribution in [0.5, 0.6) is 0 Å². The molecule has 0 radical (unpaired) electrons. The smallest absolute Gasteiger partial charge is 0.248 e. The molecule has 2 aliphatic heterocycles. The third-order valence-corrected chi connectivity index (χ3v) is 5.15. The van der Waals surface area contributed by atoms with Crippen LogP contribution in [0, 0.1) is 5.92 Å². The van der Waals surface area contributed by atoms with Crippen molar-refractivity contribution >= 4 is 15.7 Å². The number of ether oxygens (including phenoxy) is 1. The number of carbonyl (C=O) groups is 1. The second-order valence-electron chi connectivity index (χ2n) is 5.35. The molecule has 3 atom stereocenters. The number of hydrogen-bond acceptors (Lipinski definition) is 4. The highest BCUT2D eigenvalue weighted by Gasteiger charge is 2.42. The number of sulfone groups is 1. The predicted octanol–water partition coefficient (Wildman–Crippen LogP) is 1.89. The third kappa shape index (κ3) is 3.51. The van der Waals surface area contributed by atoms with Gasteiger partial charge < -0.3 is 10.5 Å². The van der Waals surface area contributed by atoms with Gasteiger partial charge in [0.1, 0.15) is 0 Å². The van der Waals surface area contributed by atoms with Gasteiger partial charge >= 0.3 is 0 Å². The predicted molar refractivity (Wildman–Crippen MR) is 79.4 cm³/mol. The van der Waals surface area contributed by atoms with Gasteiger partial charge in [-0.25, -0.2) is 8.42 Å². The number of benzene rings is 1. The SMILES string of the molecule is C=CS(=O)(=O)c1cccc(C(N)=O)c1.CC1CC2CC1O2. The molecule has 2 N–H and O–H groups in total. The summed E-state index contributed by atoms with van der Waals surface area (Å²) >= 11 is 0. The van der Waals surface area contributed by atoms with E-state index in [1.54, 1.807) is 0 Å². The van der Waals surface area contributed by atoms with E-state index in [0.717, 1.165) is 11.3 Å². The monoisotopic (exact) mass is 309 g/mol.